The third-order valence-corrected chi connectivity index (χ3v) is 5.50. The average Bonchev–Trinajstić information content (AvgIpc) is 2.79. The van der Waals surface area contributed by atoms with Gasteiger partial charge in [-0.15, -0.1) is 0 Å². The zero-order valence-electron chi connectivity index (χ0n) is 16.1. The van der Waals surface area contributed by atoms with Crippen LogP contribution < -0.4 is 15.4 Å². The summed E-state index contributed by atoms with van der Waals surface area (Å²) in [5.41, 5.74) is 2.81. The largest absolute Gasteiger partial charge is 0.368 e. The molecule has 1 fully saturated rings. The van der Waals surface area contributed by atoms with Crippen LogP contribution in [0.1, 0.15) is 0 Å². The summed E-state index contributed by atoms with van der Waals surface area (Å²) in [5, 5.41) is 2.25. The van der Waals surface area contributed by atoms with Crippen molar-refractivity contribution in [3.63, 3.8) is 0 Å². The number of H-pyrrole nitrogens is 1. The van der Waals surface area contributed by atoms with Crippen molar-refractivity contribution in [1.29, 1.82) is 0 Å². The van der Waals surface area contributed by atoms with Crippen molar-refractivity contribution in [3.05, 3.63) is 89.2 Å². The highest BCUT2D eigenvalue weighted by atomic mass is 16.1. The number of hydrogen-bond donors (Lipinski definition) is 1. The van der Waals surface area contributed by atoms with E-state index >= 15 is 0 Å². The third-order valence-electron chi connectivity index (χ3n) is 5.50. The summed E-state index contributed by atoms with van der Waals surface area (Å²) in [7, 11) is 0. The van der Waals surface area contributed by atoms with Crippen LogP contribution in [0.15, 0.2) is 83.7 Å². The van der Waals surface area contributed by atoms with Crippen LogP contribution in [0.3, 0.4) is 0 Å². The Morgan fingerprint density at radius 3 is 2.28 bits per heavy atom. The smallest absolute Gasteiger partial charge is 0.252 e. The lowest BCUT2D eigenvalue weighted by atomic mass is 10.0. The Kier molecular flexibility index (Phi) is 4.48. The van der Waals surface area contributed by atoms with E-state index in [9.17, 15) is 4.79 Å². The molecule has 29 heavy (non-hydrogen) atoms. The van der Waals surface area contributed by atoms with Gasteiger partial charge in [-0.05, 0) is 22.9 Å². The van der Waals surface area contributed by atoms with Gasteiger partial charge < -0.3 is 9.80 Å². The number of para-hydroxylation sites is 1. The van der Waals surface area contributed by atoms with E-state index in [0.717, 1.165) is 42.5 Å². The second-order valence-corrected chi connectivity index (χ2v) is 7.29. The topological polar surface area (TPSA) is 52.2 Å². The van der Waals surface area contributed by atoms with Gasteiger partial charge in [-0.1, -0.05) is 60.7 Å². The van der Waals surface area contributed by atoms with E-state index < -0.39 is 0 Å². The highest BCUT2D eigenvalue weighted by Gasteiger charge is 2.20. The summed E-state index contributed by atoms with van der Waals surface area (Å²) in [6.07, 6.45) is 0. The molecular formula is C24H22N4O. The van der Waals surface area contributed by atoms with Gasteiger partial charge in [0.05, 0.1) is 5.69 Å². The second-order valence-electron chi connectivity index (χ2n) is 7.29. The van der Waals surface area contributed by atoms with Crippen molar-refractivity contribution in [1.82, 2.24) is 9.97 Å². The average molecular weight is 382 g/mol. The van der Waals surface area contributed by atoms with Gasteiger partial charge in [0.15, 0.2) is 0 Å². The van der Waals surface area contributed by atoms with Crippen LogP contribution in [0, 0.1) is 0 Å². The maximum Gasteiger partial charge on any atom is 0.252 e. The first-order valence-corrected chi connectivity index (χ1v) is 9.92. The van der Waals surface area contributed by atoms with Gasteiger partial charge in [-0.3, -0.25) is 9.78 Å². The van der Waals surface area contributed by atoms with Crippen LogP contribution in [0.4, 0.5) is 11.6 Å². The fourth-order valence-electron chi connectivity index (χ4n) is 4.00. The molecule has 0 amide bonds. The number of anilines is 2. The number of benzene rings is 3. The Hall–Kier alpha value is -3.60. The predicted octanol–water partition coefficient (Wildman–Crippen LogP) is 3.92. The maximum atomic E-state index is 12.4. The minimum absolute atomic E-state index is 0.122. The number of rotatable bonds is 3. The Balaban J connectivity index is 1.44. The second kappa shape index (κ2) is 7.43. The highest BCUT2D eigenvalue weighted by Crippen LogP contribution is 2.27. The molecule has 5 heteroatoms. The molecule has 1 aliphatic heterocycles. The van der Waals surface area contributed by atoms with Crippen molar-refractivity contribution in [3.8, 4) is 11.3 Å². The first kappa shape index (κ1) is 17.5. The fourth-order valence-corrected chi connectivity index (χ4v) is 4.00. The summed E-state index contributed by atoms with van der Waals surface area (Å²) >= 11 is 0. The van der Waals surface area contributed by atoms with E-state index in [4.69, 9.17) is 4.98 Å². The molecule has 0 bridgehead atoms. The zero-order valence-corrected chi connectivity index (χ0v) is 16.1. The van der Waals surface area contributed by atoms with Crippen molar-refractivity contribution in [2.45, 2.75) is 0 Å². The molecule has 5 nitrogen and oxygen atoms in total. The van der Waals surface area contributed by atoms with E-state index in [2.05, 4.69) is 57.2 Å². The van der Waals surface area contributed by atoms with Crippen LogP contribution in [-0.4, -0.2) is 36.1 Å². The van der Waals surface area contributed by atoms with Gasteiger partial charge in [-0.2, -0.15) is 0 Å². The van der Waals surface area contributed by atoms with E-state index in [-0.39, 0.29) is 5.56 Å². The molecule has 5 rings (SSSR count). The standard InChI is InChI=1S/C24H22N4O/c29-23-17-22(21-12-6-8-18-7-4-5-11-20(18)21)25-24(26-23)28-15-13-27(14-16-28)19-9-2-1-3-10-19/h1-12,17H,13-16H2,(H,25,26,29). The Labute approximate surface area is 169 Å². The Bertz CT molecular complexity index is 1190. The molecule has 1 aliphatic rings. The van der Waals surface area contributed by atoms with Gasteiger partial charge in [0.2, 0.25) is 5.95 Å². The molecule has 0 radical (unpaired) electrons. The number of aromatic nitrogens is 2. The summed E-state index contributed by atoms with van der Waals surface area (Å²) in [6, 6.07) is 26.3. The minimum atomic E-state index is -0.122. The number of aromatic amines is 1. The van der Waals surface area contributed by atoms with Gasteiger partial charge >= 0.3 is 0 Å². The maximum absolute atomic E-state index is 12.4. The highest BCUT2D eigenvalue weighted by molar-refractivity contribution is 5.95. The number of nitrogens with zero attached hydrogens (tertiary/aromatic N) is 3. The van der Waals surface area contributed by atoms with E-state index in [1.54, 1.807) is 6.07 Å². The molecule has 0 aliphatic carbocycles. The van der Waals surface area contributed by atoms with Crippen LogP contribution in [-0.2, 0) is 0 Å². The van der Waals surface area contributed by atoms with Crippen LogP contribution >= 0.6 is 0 Å². The molecule has 0 atom stereocenters. The SMILES string of the molecule is O=c1cc(-c2cccc3ccccc23)nc(N2CCN(c3ccccc3)CC2)[nH]1. The van der Waals surface area contributed by atoms with Gasteiger partial charge in [0.25, 0.3) is 5.56 Å². The van der Waals surface area contributed by atoms with Crippen molar-refractivity contribution >= 4 is 22.4 Å². The van der Waals surface area contributed by atoms with E-state index in [1.807, 2.05) is 30.3 Å². The van der Waals surface area contributed by atoms with Gasteiger partial charge in [-0.25, -0.2) is 4.98 Å². The van der Waals surface area contributed by atoms with Gasteiger partial charge in [0.1, 0.15) is 0 Å². The number of fused-ring (bicyclic) bond motifs is 1. The molecule has 1 saturated heterocycles. The molecule has 3 aromatic carbocycles. The normalized spacial score (nSPS) is 14.3. The quantitative estimate of drug-likeness (QED) is 0.584. The summed E-state index contributed by atoms with van der Waals surface area (Å²) < 4.78 is 0. The zero-order chi connectivity index (χ0) is 19.6. The van der Waals surface area contributed by atoms with Crippen LogP contribution in [0.2, 0.25) is 0 Å². The van der Waals surface area contributed by atoms with Crippen molar-refractivity contribution in [2.24, 2.45) is 0 Å². The fraction of sp³-hybridized carbons (Fsp3) is 0.167. The lowest BCUT2D eigenvalue weighted by molar-refractivity contribution is 0.639. The summed E-state index contributed by atoms with van der Waals surface area (Å²) in [5.74, 6) is 0.646. The van der Waals surface area contributed by atoms with Crippen LogP contribution in [0.5, 0.6) is 0 Å². The van der Waals surface area contributed by atoms with E-state index in [0.29, 0.717) is 11.6 Å². The van der Waals surface area contributed by atoms with Gasteiger partial charge in [0, 0.05) is 43.5 Å². The molecule has 0 saturated carbocycles. The lowest BCUT2D eigenvalue weighted by Crippen LogP contribution is -2.47. The number of hydrogen-bond acceptors (Lipinski definition) is 4. The monoisotopic (exact) mass is 382 g/mol. The Morgan fingerprint density at radius 1 is 0.759 bits per heavy atom. The summed E-state index contributed by atoms with van der Waals surface area (Å²) in [4.78, 5) is 24.7. The first-order valence-electron chi connectivity index (χ1n) is 9.92. The predicted molar refractivity (Wildman–Crippen MR) is 119 cm³/mol. The minimum Gasteiger partial charge on any atom is -0.368 e. The first-order chi connectivity index (χ1) is 14.3. The molecule has 0 spiro atoms. The molecule has 0 unspecified atom stereocenters. The molecular weight excluding hydrogens is 360 g/mol. The van der Waals surface area contributed by atoms with Crippen molar-refractivity contribution in [2.75, 3.05) is 36.0 Å². The molecule has 4 aromatic rings. The third kappa shape index (κ3) is 3.47. The Morgan fingerprint density at radius 2 is 1.45 bits per heavy atom. The lowest BCUT2D eigenvalue weighted by Gasteiger charge is -2.36. The number of nitrogens with one attached hydrogen (secondary N) is 1. The van der Waals surface area contributed by atoms with E-state index in [1.165, 1.54) is 5.69 Å². The summed E-state index contributed by atoms with van der Waals surface area (Å²) in [6.45, 7) is 3.42. The van der Waals surface area contributed by atoms with Crippen molar-refractivity contribution < 1.29 is 0 Å². The molecule has 1 N–H and O–H groups in total. The molecule has 2 heterocycles. The number of piperazine rings is 1. The molecule has 1 aromatic heterocycles. The van der Waals surface area contributed by atoms with Crippen LogP contribution in [0.25, 0.3) is 22.0 Å². The molecule has 144 valence electrons.